The summed E-state index contributed by atoms with van der Waals surface area (Å²) in [7, 11) is 0. The quantitative estimate of drug-likeness (QED) is 0.281. The van der Waals surface area contributed by atoms with Gasteiger partial charge in [0.1, 0.15) is 0 Å². The maximum atomic E-state index is 12.1. The summed E-state index contributed by atoms with van der Waals surface area (Å²) < 4.78 is 0. The van der Waals surface area contributed by atoms with Crippen LogP contribution in [0.2, 0.25) is 0 Å². The van der Waals surface area contributed by atoms with Gasteiger partial charge < -0.3 is 15.1 Å². The van der Waals surface area contributed by atoms with Gasteiger partial charge in [0.2, 0.25) is 5.91 Å². The molecule has 4 nitrogen and oxygen atoms in total. The van der Waals surface area contributed by atoms with Gasteiger partial charge in [0, 0.05) is 25.4 Å². The van der Waals surface area contributed by atoms with Crippen molar-refractivity contribution in [1.29, 1.82) is 0 Å². The van der Waals surface area contributed by atoms with Gasteiger partial charge in [0.05, 0.1) is 12.2 Å². The highest BCUT2D eigenvalue weighted by molar-refractivity contribution is 5.76. The summed E-state index contributed by atoms with van der Waals surface area (Å²) in [5.74, 6) is 1.91. The minimum absolute atomic E-state index is 0.156. The van der Waals surface area contributed by atoms with Gasteiger partial charge in [0.25, 0.3) is 0 Å². The number of hydrogen-bond donors (Lipinski definition) is 2. The van der Waals surface area contributed by atoms with Crippen molar-refractivity contribution in [3.05, 3.63) is 23.8 Å². The first-order valence-electron chi connectivity index (χ1n) is 12.9. The van der Waals surface area contributed by atoms with Crippen molar-refractivity contribution in [1.82, 2.24) is 4.90 Å². The molecule has 0 aromatic heterocycles. The molecule has 0 radical (unpaired) electrons. The predicted molar refractivity (Wildman–Crippen MR) is 129 cm³/mol. The van der Waals surface area contributed by atoms with Crippen LogP contribution in [0.15, 0.2) is 23.8 Å². The van der Waals surface area contributed by atoms with E-state index in [0.29, 0.717) is 24.2 Å². The van der Waals surface area contributed by atoms with Gasteiger partial charge in [-0.15, -0.1) is 0 Å². The lowest BCUT2D eigenvalue weighted by Crippen LogP contribution is -2.30. The number of fused-ring (bicyclic) bond motifs is 1. The number of carbonyl (C=O) groups excluding carboxylic acids is 1. The number of nitrogens with zero attached hydrogens (tertiary/aromatic N) is 1. The molecule has 0 aromatic carbocycles. The summed E-state index contributed by atoms with van der Waals surface area (Å²) in [4.78, 5) is 14.1. The third kappa shape index (κ3) is 8.05. The van der Waals surface area contributed by atoms with E-state index in [0.717, 1.165) is 51.6 Å². The second kappa shape index (κ2) is 13.4. The fourth-order valence-electron chi connectivity index (χ4n) is 5.57. The number of hydrogen-bond acceptors (Lipinski definition) is 3. The monoisotopic (exact) mass is 433 g/mol. The molecule has 1 fully saturated rings. The highest BCUT2D eigenvalue weighted by Crippen LogP contribution is 2.48. The van der Waals surface area contributed by atoms with Crippen molar-refractivity contribution in [3.63, 3.8) is 0 Å². The maximum absolute atomic E-state index is 12.1. The molecule has 1 amide bonds. The Balaban J connectivity index is 1.75. The highest BCUT2D eigenvalue weighted by atomic mass is 16.3. The zero-order valence-corrected chi connectivity index (χ0v) is 20.4. The fourth-order valence-corrected chi connectivity index (χ4v) is 5.57. The van der Waals surface area contributed by atoms with Crippen LogP contribution in [0.1, 0.15) is 91.9 Å². The second-order valence-corrected chi connectivity index (χ2v) is 9.95. The van der Waals surface area contributed by atoms with Crippen LogP contribution < -0.4 is 0 Å². The molecular formula is C27H47NO3. The molecule has 0 unspecified atom stereocenters. The molecule has 0 bridgehead atoms. The predicted octanol–water partition coefficient (Wildman–Crippen LogP) is 5.49. The van der Waals surface area contributed by atoms with E-state index in [1.54, 1.807) is 0 Å². The molecular weight excluding hydrogens is 386 g/mol. The SMILES string of the molecule is CCCC[C@H](C)C[C@H](O)C=C[C@@H]1[C@H]2CC(CCCCC(=O)N(CC)CC)=C[C@H]2C[C@H]1O. The largest absolute Gasteiger partial charge is 0.392 e. The van der Waals surface area contributed by atoms with E-state index in [9.17, 15) is 15.0 Å². The topological polar surface area (TPSA) is 60.8 Å². The Morgan fingerprint density at radius 3 is 2.65 bits per heavy atom. The minimum atomic E-state index is -0.407. The maximum Gasteiger partial charge on any atom is 0.222 e. The van der Waals surface area contributed by atoms with Gasteiger partial charge in [-0.2, -0.15) is 0 Å². The smallest absolute Gasteiger partial charge is 0.222 e. The van der Waals surface area contributed by atoms with Crippen molar-refractivity contribution >= 4 is 5.91 Å². The molecule has 0 aromatic rings. The third-order valence-electron chi connectivity index (χ3n) is 7.45. The number of allylic oxidation sites excluding steroid dienone is 2. The average Bonchev–Trinajstić information content (AvgIpc) is 3.25. The van der Waals surface area contributed by atoms with Crippen molar-refractivity contribution in [3.8, 4) is 0 Å². The first-order valence-corrected chi connectivity index (χ1v) is 12.9. The molecule has 2 N–H and O–H groups in total. The Bertz CT molecular complexity index is 595. The molecule has 178 valence electrons. The molecule has 2 aliphatic rings. The van der Waals surface area contributed by atoms with Gasteiger partial charge in [-0.05, 0) is 70.1 Å². The molecule has 0 spiro atoms. The van der Waals surface area contributed by atoms with Crippen LogP contribution in [0.5, 0.6) is 0 Å². The molecule has 0 heterocycles. The summed E-state index contributed by atoms with van der Waals surface area (Å²) >= 11 is 0. The highest BCUT2D eigenvalue weighted by Gasteiger charge is 2.43. The van der Waals surface area contributed by atoms with E-state index in [1.165, 1.54) is 24.8 Å². The van der Waals surface area contributed by atoms with E-state index in [2.05, 4.69) is 26.0 Å². The fraction of sp³-hybridized carbons (Fsp3) is 0.815. The van der Waals surface area contributed by atoms with Crippen LogP contribution in [0.4, 0.5) is 0 Å². The Labute approximate surface area is 190 Å². The van der Waals surface area contributed by atoms with Gasteiger partial charge in [-0.3, -0.25) is 4.79 Å². The van der Waals surface area contributed by atoms with E-state index in [-0.39, 0.29) is 17.9 Å². The van der Waals surface area contributed by atoms with Crippen molar-refractivity contribution < 1.29 is 15.0 Å². The molecule has 6 atom stereocenters. The van der Waals surface area contributed by atoms with E-state index >= 15 is 0 Å². The number of unbranched alkanes of at least 4 members (excludes halogenated alkanes) is 2. The first-order chi connectivity index (χ1) is 14.9. The van der Waals surface area contributed by atoms with Crippen molar-refractivity contribution in [2.24, 2.45) is 23.7 Å². The molecule has 2 aliphatic carbocycles. The van der Waals surface area contributed by atoms with Crippen LogP contribution in [0.3, 0.4) is 0 Å². The van der Waals surface area contributed by atoms with Crippen molar-refractivity contribution in [2.75, 3.05) is 13.1 Å². The summed E-state index contributed by atoms with van der Waals surface area (Å²) in [6.07, 6.45) is 15.8. The summed E-state index contributed by atoms with van der Waals surface area (Å²) in [6, 6.07) is 0. The Morgan fingerprint density at radius 2 is 1.97 bits per heavy atom. The zero-order chi connectivity index (χ0) is 22.8. The number of aliphatic hydroxyl groups is 2. The van der Waals surface area contributed by atoms with Crippen LogP contribution in [-0.4, -0.2) is 46.3 Å². The van der Waals surface area contributed by atoms with Crippen LogP contribution >= 0.6 is 0 Å². The lowest BCUT2D eigenvalue weighted by atomic mass is 9.88. The Morgan fingerprint density at radius 1 is 1.23 bits per heavy atom. The van der Waals surface area contributed by atoms with Gasteiger partial charge in [0.15, 0.2) is 0 Å². The van der Waals surface area contributed by atoms with Crippen LogP contribution in [0, 0.1) is 23.7 Å². The van der Waals surface area contributed by atoms with Crippen LogP contribution in [-0.2, 0) is 4.79 Å². The number of rotatable bonds is 14. The minimum Gasteiger partial charge on any atom is -0.392 e. The number of aliphatic hydroxyl groups excluding tert-OH is 2. The first kappa shape index (κ1) is 26.1. The van der Waals surface area contributed by atoms with Gasteiger partial charge in [-0.25, -0.2) is 0 Å². The summed E-state index contributed by atoms with van der Waals surface area (Å²) in [5.41, 5.74) is 1.50. The molecule has 0 saturated heterocycles. The van der Waals surface area contributed by atoms with E-state index in [4.69, 9.17) is 0 Å². The zero-order valence-electron chi connectivity index (χ0n) is 20.4. The number of carbonyl (C=O) groups is 1. The second-order valence-electron chi connectivity index (χ2n) is 9.95. The average molecular weight is 434 g/mol. The molecule has 0 aliphatic heterocycles. The lowest BCUT2D eigenvalue weighted by molar-refractivity contribution is -0.130. The van der Waals surface area contributed by atoms with Crippen molar-refractivity contribution in [2.45, 2.75) is 104 Å². The third-order valence-corrected chi connectivity index (χ3v) is 7.45. The molecule has 2 rings (SSSR count). The Hall–Kier alpha value is -1.13. The van der Waals surface area contributed by atoms with Crippen LogP contribution in [0.25, 0.3) is 0 Å². The van der Waals surface area contributed by atoms with Gasteiger partial charge in [-0.1, -0.05) is 56.9 Å². The summed E-state index contributed by atoms with van der Waals surface area (Å²) in [5, 5.41) is 21.0. The van der Waals surface area contributed by atoms with E-state index < -0.39 is 6.10 Å². The summed E-state index contributed by atoms with van der Waals surface area (Å²) in [6.45, 7) is 10.1. The van der Waals surface area contributed by atoms with Gasteiger partial charge >= 0.3 is 0 Å². The molecule has 4 heteroatoms. The molecule has 31 heavy (non-hydrogen) atoms. The Kier molecular flexibility index (Phi) is 11.3. The standard InChI is InChI=1S/C27H47NO3/c1-5-8-11-20(4)16-23(29)14-15-24-25-18-21(17-22(25)19-26(24)30)12-9-10-13-27(31)28(6-2)7-3/h14-15,17,20,22-26,29-30H,5-13,16,18-19H2,1-4H3/t20-,22-,23+,24+,25-,26+/m0/s1. The normalized spacial score (nSPS) is 27.4. The molecule has 1 saturated carbocycles. The number of amides is 1. The lowest BCUT2D eigenvalue weighted by Gasteiger charge is -2.20. The van der Waals surface area contributed by atoms with E-state index in [1.807, 2.05) is 24.8 Å².